The fourth-order valence-electron chi connectivity index (χ4n) is 1.71. The fourth-order valence-corrected chi connectivity index (χ4v) is 2.17. The van der Waals surface area contributed by atoms with Crippen molar-refractivity contribution in [3.8, 4) is 11.5 Å². The Kier molecular flexibility index (Phi) is 5.53. The molecule has 3 nitrogen and oxygen atoms in total. The van der Waals surface area contributed by atoms with Gasteiger partial charge < -0.3 is 15.2 Å². The molecule has 2 N–H and O–H groups in total. The minimum absolute atomic E-state index is 0.389. The molecule has 0 spiro atoms. The maximum absolute atomic E-state index is 6.01. The molecule has 0 aliphatic rings. The number of para-hydroxylation sites is 1. The molecule has 0 fully saturated rings. The van der Waals surface area contributed by atoms with Gasteiger partial charge in [-0.25, -0.2) is 0 Å². The summed E-state index contributed by atoms with van der Waals surface area (Å²) in [6.45, 7) is 1.25. The summed E-state index contributed by atoms with van der Waals surface area (Å²) in [6.07, 6.45) is 0. The van der Waals surface area contributed by atoms with Crippen molar-refractivity contribution >= 4 is 23.2 Å². The Bertz CT molecular complexity index is 576. The molecule has 2 rings (SSSR count). The molecule has 2 aromatic rings. The summed E-state index contributed by atoms with van der Waals surface area (Å²) in [4.78, 5) is 0. The second-order valence-electron chi connectivity index (χ2n) is 4.08. The topological polar surface area (TPSA) is 44.5 Å². The van der Waals surface area contributed by atoms with Gasteiger partial charge in [0.25, 0.3) is 0 Å². The van der Waals surface area contributed by atoms with Crippen molar-refractivity contribution in [2.24, 2.45) is 5.73 Å². The lowest BCUT2D eigenvalue weighted by Gasteiger charge is -2.11. The van der Waals surface area contributed by atoms with Gasteiger partial charge in [0.1, 0.15) is 24.7 Å². The van der Waals surface area contributed by atoms with Gasteiger partial charge in [0.15, 0.2) is 0 Å². The van der Waals surface area contributed by atoms with E-state index in [0.29, 0.717) is 35.6 Å². The molecule has 0 atom stereocenters. The van der Waals surface area contributed by atoms with Crippen LogP contribution in [0.5, 0.6) is 11.5 Å². The number of rotatable bonds is 6. The van der Waals surface area contributed by atoms with Crippen LogP contribution >= 0.6 is 23.2 Å². The van der Waals surface area contributed by atoms with E-state index >= 15 is 0 Å². The highest BCUT2D eigenvalue weighted by Crippen LogP contribution is 2.27. The lowest BCUT2D eigenvalue weighted by Crippen LogP contribution is -2.11. The minimum atomic E-state index is 0.389. The second kappa shape index (κ2) is 7.39. The molecule has 106 valence electrons. The Morgan fingerprint density at radius 1 is 0.900 bits per heavy atom. The monoisotopic (exact) mass is 311 g/mol. The van der Waals surface area contributed by atoms with E-state index in [-0.39, 0.29) is 0 Å². The summed E-state index contributed by atoms with van der Waals surface area (Å²) in [5.74, 6) is 1.37. The van der Waals surface area contributed by atoms with Gasteiger partial charge in [-0.3, -0.25) is 0 Å². The Hall–Kier alpha value is -1.42. The standard InChI is InChI=1S/C15H15Cl2NO2/c16-12-5-6-15(13(17)9-12)20-8-7-19-14-4-2-1-3-11(14)10-18/h1-6,9H,7-8,10,18H2. The van der Waals surface area contributed by atoms with E-state index in [1.165, 1.54) is 0 Å². The van der Waals surface area contributed by atoms with Crippen LogP contribution in [0, 0.1) is 0 Å². The van der Waals surface area contributed by atoms with Crippen molar-refractivity contribution in [3.63, 3.8) is 0 Å². The van der Waals surface area contributed by atoms with Crippen LogP contribution in [0.15, 0.2) is 42.5 Å². The Balaban J connectivity index is 1.84. The molecule has 0 amide bonds. The summed E-state index contributed by atoms with van der Waals surface area (Å²) in [7, 11) is 0. The second-order valence-corrected chi connectivity index (χ2v) is 4.93. The van der Waals surface area contributed by atoms with Gasteiger partial charge in [0.05, 0.1) is 5.02 Å². The molecule has 0 bridgehead atoms. The SMILES string of the molecule is NCc1ccccc1OCCOc1ccc(Cl)cc1Cl. The first-order valence-corrected chi connectivity index (χ1v) is 6.95. The van der Waals surface area contributed by atoms with Crippen LogP contribution in [0.1, 0.15) is 5.56 Å². The number of nitrogens with two attached hydrogens (primary N) is 1. The maximum Gasteiger partial charge on any atom is 0.138 e. The molecule has 0 radical (unpaired) electrons. The Labute approximate surface area is 128 Å². The summed E-state index contributed by atoms with van der Waals surface area (Å²) < 4.78 is 11.2. The number of halogens is 2. The summed E-state index contributed by atoms with van der Waals surface area (Å²) >= 11 is 11.8. The lowest BCUT2D eigenvalue weighted by atomic mass is 10.2. The smallest absolute Gasteiger partial charge is 0.138 e. The first-order valence-electron chi connectivity index (χ1n) is 6.19. The third-order valence-corrected chi connectivity index (χ3v) is 3.22. The normalized spacial score (nSPS) is 10.3. The predicted octanol–water partition coefficient (Wildman–Crippen LogP) is 3.91. The zero-order chi connectivity index (χ0) is 14.4. The van der Waals surface area contributed by atoms with E-state index in [1.807, 2.05) is 24.3 Å². The maximum atomic E-state index is 6.01. The van der Waals surface area contributed by atoms with Crippen LogP contribution < -0.4 is 15.2 Å². The highest BCUT2D eigenvalue weighted by molar-refractivity contribution is 6.35. The highest BCUT2D eigenvalue weighted by Gasteiger charge is 2.03. The number of hydrogen-bond acceptors (Lipinski definition) is 3. The largest absolute Gasteiger partial charge is 0.490 e. The van der Waals surface area contributed by atoms with Gasteiger partial charge in [-0.2, -0.15) is 0 Å². The molecule has 2 aromatic carbocycles. The molecular formula is C15H15Cl2NO2. The third-order valence-electron chi connectivity index (χ3n) is 2.68. The Morgan fingerprint density at radius 2 is 1.60 bits per heavy atom. The van der Waals surface area contributed by atoms with Crippen molar-refractivity contribution in [2.75, 3.05) is 13.2 Å². The lowest BCUT2D eigenvalue weighted by molar-refractivity contribution is 0.216. The average Bonchev–Trinajstić information content (AvgIpc) is 2.46. The fraction of sp³-hybridized carbons (Fsp3) is 0.200. The molecule has 0 aliphatic heterocycles. The molecule has 0 heterocycles. The van der Waals surface area contributed by atoms with Gasteiger partial charge in [0.2, 0.25) is 0 Å². The van der Waals surface area contributed by atoms with E-state index in [0.717, 1.165) is 11.3 Å². The van der Waals surface area contributed by atoms with Crippen LogP contribution in [0.4, 0.5) is 0 Å². The zero-order valence-electron chi connectivity index (χ0n) is 10.8. The van der Waals surface area contributed by atoms with Crippen LogP contribution in [0.3, 0.4) is 0 Å². The first-order chi connectivity index (χ1) is 9.70. The molecule has 0 saturated carbocycles. The highest BCUT2D eigenvalue weighted by atomic mass is 35.5. The van der Waals surface area contributed by atoms with Gasteiger partial charge in [-0.05, 0) is 24.3 Å². The molecule has 20 heavy (non-hydrogen) atoms. The summed E-state index contributed by atoms with van der Waals surface area (Å²) in [5, 5.41) is 1.07. The van der Waals surface area contributed by atoms with Crippen molar-refractivity contribution in [1.82, 2.24) is 0 Å². The summed E-state index contributed by atoms with van der Waals surface area (Å²) in [5.41, 5.74) is 6.61. The molecule has 0 aromatic heterocycles. The third kappa shape index (κ3) is 4.04. The van der Waals surface area contributed by atoms with E-state index in [1.54, 1.807) is 18.2 Å². The van der Waals surface area contributed by atoms with E-state index in [4.69, 9.17) is 38.4 Å². The Morgan fingerprint density at radius 3 is 2.30 bits per heavy atom. The van der Waals surface area contributed by atoms with Gasteiger partial charge >= 0.3 is 0 Å². The van der Waals surface area contributed by atoms with E-state index < -0.39 is 0 Å². The minimum Gasteiger partial charge on any atom is -0.490 e. The van der Waals surface area contributed by atoms with Crippen LogP contribution in [-0.2, 0) is 6.54 Å². The van der Waals surface area contributed by atoms with Crippen LogP contribution in [-0.4, -0.2) is 13.2 Å². The van der Waals surface area contributed by atoms with Crippen molar-refractivity contribution in [3.05, 3.63) is 58.1 Å². The number of ether oxygens (including phenoxy) is 2. The first kappa shape index (κ1) is 15.0. The van der Waals surface area contributed by atoms with Crippen molar-refractivity contribution in [2.45, 2.75) is 6.54 Å². The number of benzene rings is 2. The zero-order valence-corrected chi connectivity index (χ0v) is 12.3. The molecule has 5 heteroatoms. The molecule has 0 saturated heterocycles. The average molecular weight is 312 g/mol. The van der Waals surface area contributed by atoms with Gasteiger partial charge in [-0.15, -0.1) is 0 Å². The van der Waals surface area contributed by atoms with Gasteiger partial charge in [-0.1, -0.05) is 41.4 Å². The van der Waals surface area contributed by atoms with Crippen molar-refractivity contribution in [1.29, 1.82) is 0 Å². The van der Waals surface area contributed by atoms with E-state index in [2.05, 4.69) is 0 Å². The molecular weight excluding hydrogens is 297 g/mol. The molecule has 0 aliphatic carbocycles. The predicted molar refractivity (Wildman–Crippen MR) is 81.8 cm³/mol. The quantitative estimate of drug-likeness (QED) is 0.823. The van der Waals surface area contributed by atoms with Crippen molar-refractivity contribution < 1.29 is 9.47 Å². The van der Waals surface area contributed by atoms with Gasteiger partial charge in [0, 0.05) is 17.1 Å². The number of hydrogen-bond donors (Lipinski definition) is 1. The summed E-state index contributed by atoms with van der Waals surface area (Å²) in [6, 6.07) is 12.8. The van der Waals surface area contributed by atoms with Crippen LogP contribution in [0.2, 0.25) is 10.0 Å². The van der Waals surface area contributed by atoms with E-state index in [9.17, 15) is 0 Å². The van der Waals surface area contributed by atoms with Crippen LogP contribution in [0.25, 0.3) is 0 Å². The molecule has 0 unspecified atom stereocenters.